The molecule has 0 spiro atoms. The number of piperidine rings is 1. The summed E-state index contributed by atoms with van der Waals surface area (Å²) in [6.45, 7) is 2.42. The largest absolute Gasteiger partial charge is 0.493 e. The molecule has 1 aromatic carbocycles. The Hall–Kier alpha value is -3.47. The van der Waals surface area contributed by atoms with Crippen LogP contribution < -0.4 is 15.8 Å². The average Bonchev–Trinajstić information content (AvgIpc) is 3.28. The van der Waals surface area contributed by atoms with Gasteiger partial charge in [0.1, 0.15) is 17.9 Å². The number of hydrogen-bond donors (Lipinski definition) is 2. The van der Waals surface area contributed by atoms with E-state index in [9.17, 15) is 24.0 Å². The van der Waals surface area contributed by atoms with Gasteiger partial charge in [0.15, 0.2) is 0 Å². The van der Waals surface area contributed by atoms with Gasteiger partial charge in [0.2, 0.25) is 11.8 Å². The predicted octanol–water partition coefficient (Wildman–Crippen LogP) is 0.0263. The van der Waals surface area contributed by atoms with Crippen molar-refractivity contribution in [3.05, 3.63) is 29.3 Å². The summed E-state index contributed by atoms with van der Waals surface area (Å²) in [5, 5.41) is 2.18. The summed E-state index contributed by atoms with van der Waals surface area (Å²) in [6, 6.07) is 3.75. The molecule has 3 N–H and O–H groups in total. The minimum Gasteiger partial charge on any atom is -0.493 e. The van der Waals surface area contributed by atoms with Crippen LogP contribution in [0.1, 0.15) is 46.4 Å². The summed E-state index contributed by atoms with van der Waals surface area (Å²) in [5.74, 6) is -1.95. The smallest absolute Gasteiger partial charge is 0.404 e. The van der Waals surface area contributed by atoms with Crippen LogP contribution >= 0.6 is 0 Å². The topological polar surface area (TPSA) is 148 Å². The zero-order valence-corrected chi connectivity index (χ0v) is 17.4. The van der Waals surface area contributed by atoms with Gasteiger partial charge < -0.3 is 15.2 Å². The van der Waals surface area contributed by atoms with Gasteiger partial charge in [0, 0.05) is 26.1 Å². The lowest BCUT2D eigenvalue weighted by Crippen LogP contribution is -2.54. The number of amides is 5. The first-order valence-electron chi connectivity index (χ1n) is 10.5. The van der Waals surface area contributed by atoms with Crippen molar-refractivity contribution in [3.63, 3.8) is 0 Å². The van der Waals surface area contributed by atoms with Crippen molar-refractivity contribution in [2.24, 2.45) is 5.73 Å². The van der Waals surface area contributed by atoms with Crippen LogP contribution in [0.4, 0.5) is 4.79 Å². The molecule has 11 heteroatoms. The van der Waals surface area contributed by atoms with E-state index in [0.717, 1.165) is 17.9 Å². The monoisotopic (exact) mass is 444 g/mol. The Morgan fingerprint density at radius 3 is 2.72 bits per heavy atom. The minimum atomic E-state index is -1.02. The van der Waals surface area contributed by atoms with E-state index in [1.807, 2.05) is 0 Å². The van der Waals surface area contributed by atoms with E-state index in [0.29, 0.717) is 26.1 Å². The number of fused-ring (bicyclic) bond motifs is 1. The van der Waals surface area contributed by atoms with E-state index in [4.69, 9.17) is 15.2 Å². The molecule has 5 amide bonds. The van der Waals surface area contributed by atoms with Gasteiger partial charge >= 0.3 is 6.09 Å². The Bertz CT molecular complexity index is 979. The molecule has 4 rings (SSSR count). The van der Waals surface area contributed by atoms with Crippen LogP contribution in [-0.2, 0) is 14.3 Å². The molecule has 0 aliphatic carbocycles. The number of primary amides is 1. The van der Waals surface area contributed by atoms with Crippen LogP contribution in [0.15, 0.2) is 18.2 Å². The molecular weight excluding hydrogens is 420 g/mol. The van der Waals surface area contributed by atoms with Crippen molar-refractivity contribution in [2.75, 3.05) is 26.2 Å². The number of ether oxygens (including phenoxy) is 2. The SMILES string of the molecule is NC(=O)O[C@H]1CCN(CCCOc2cccc3c2C(=O)N(C2CCC(=O)NC2=O)C3=O)C1. The number of rotatable bonds is 7. The second kappa shape index (κ2) is 8.95. The molecule has 1 aromatic rings. The number of carbonyl (C=O) groups excluding carboxylic acids is 5. The van der Waals surface area contributed by atoms with E-state index in [1.54, 1.807) is 12.1 Å². The van der Waals surface area contributed by atoms with Crippen LogP contribution in [0.3, 0.4) is 0 Å². The van der Waals surface area contributed by atoms with Crippen molar-refractivity contribution in [1.29, 1.82) is 0 Å². The highest BCUT2D eigenvalue weighted by Gasteiger charge is 2.46. The molecular formula is C21H24N4O7. The molecule has 170 valence electrons. The Labute approximate surface area is 183 Å². The number of carbonyl (C=O) groups is 5. The summed E-state index contributed by atoms with van der Waals surface area (Å²) in [6.07, 6.45) is 0.572. The highest BCUT2D eigenvalue weighted by Crippen LogP contribution is 2.33. The molecule has 3 aliphatic heterocycles. The third kappa shape index (κ3) is 4.28. The third-order valence-electron chi connectivity index (χ3n) is 5.82. The first-order valence-corrected chi connectivity index (χ1v) is 10.5. The molecule has 0 saturated carbocycles. The van der Waals surface area contributed by atoms with Crippen LogP contribution in [0.25, 0.3) is 0 Å². The quantitative estimate of drug-likeness (QED) is 0.442. The minimum absolute atomic E-state index is 0.0645. The van der Waals surface area contributed by atoms with Gasteiger partial charge in [-0.2, -0.15) is 0 Å². The maximum Gasteiger partial charge on any atom is 0.404 e. The number of nitrogens with one attached hydrogen (secondary N) is 1. The molecule has 0 radical (unpaired) electrons. The standard InChI is InChI=1S/C21H24N4O7/c22-21(30)32-12-7-9-24(11-12)8-2-10-31-15-4-1-3-13-17(15)20(29)25(19(13)28)14-5-6-16(26)23-18(14)27/h1,3-4,12,14H,2,5-11H2,(H2,22,30)(H,23,26,27)/t12-,14?/m0/s1. The van der Waals surface area contributed by atoms with Gasteiger partial charge in [-0.25, -0.2) is 4.79 Å². The first-order chi connectivity index (χ1) is 15.3. The van der Waals surface area contributed by atoms with Crippen LogP contribution in [0.5, 0.6) is 5.75 Å². The Morgan fingerprint density at radius 2 is 1.97 bits per heavy atom. The fourth-order valence-electron chi connectivity index (χ4n) is 4.34. The van der Waals surface area contributed by atoms with E-state index >= 15 is 0 Å². The average molecular weight is 444 g/mol. The number of nitrogens with zero attached hydrogens (tertiary/aromatic N) is 2. The zero-order valence-electron chi connectivity index (χ0n) is 17.4. The van der Waals surface area contributed by atoms with Crippen LogP contribution in [0, 0.1) is 0 Å². The number of imide groups is 2. The summed E-state index contributed by atoms with van der Waals surface area (Å²) < 4.78 is 10.8. The van der Waals surface area contributed by atoms with Crippen molar-refractivity contribution < 1.29 is 33.4 Å². The van der Waals surface area contributed by atoms with Crippen LogP contribution in [0.2, 0.25) is 0 Å². The Morgan fingerprint density at radius 1 is 1.16 bits per heavy atom. The molecule has 32 heavy (non-hydrogen) atoms. The second-order valence-corrected chi connectivity index (χ2v) is 7.98. The number of nitrogens with two attached hydrogens (primary N) is 1. The lowest BCUT2D eigenvalue weighted by Gasteiger charge is -2.27. The van der Waals surface area contributed by atoms with Crippen molar-refractivity contribution in [2.45, 2.75) is 37.8 Å². The molecule has 0 aromatic heterocycles. The summed E-state index contributed by atoms with van der Waals surface area (Å²) in [7, 11) is 0. The maximum absolute atomic E-state index is 13.0. The molecule has 3 aliphatic rings. The number of benzene rings is 1. The maximum atomic E-state index is 13.0. The Kier molecular flexibility index (Phi) is 6.08. The van der Waals surface area contributed by atoms with E-state index < -0.39 is 35.8 Å². The van der Waals surface area contributed by atoms with E-state index in [1.165, 1.54) is 6.07 Å². The fraction of sp³-hybridized carbons (Fsp3) is 0.476. The molecule has 2 atom stereocenters. The van der Waals surface area contributed by atoms with Crippen LogP contribution in [-0.4, -0.2) is 77.9 Å². The van der Waals surface area contributed by atoms with Gasteiger partial charge in [-0.3, -0.25) is 34.3 Å². The number of likely N-dealkylation sites (tertiary alicyclic amines) is 1. The molecule has 11 nitrogen and oxygen atoms in total. The summed E-state index contributed by atoms with van der Waals surface area (Å²) in [4.78, 5) is 63.3. The summed E-state index contributed by atoms with van der Waals surface area (Å²) in [5.41, 5.74) is 5.37. The zero-order chi connectivity index (χ0) is 22.8. The molecule has 0 bridgehead atoms. The predicted molar refractivity (Wildman–Crippen MR) is 109 cm³/mol. The van der Waals surface area contributed by atoms with Gasteiger partial charge in [0.25, 0.3) is 11.8 Å². The fourth-order valence-corrected chi connectivity index (χ4v) is 4.34. The van der Waals surface area contributed by atoms with Gasteiger partial charge in [0.05, 0.1) is 17.7 Å². The molecule has 2 saturated heterocycles. The molecule has 3 heterocycles. The van der Waals surface area contributed by atoms with Crippen molar-refractivity contribution in [3.8, 4) is 5.75 Å². The van der Waals surface area contributed by atoms with Crippen molar-refractivity contribution in [1.82, 2.24) is 15.1 Å². The van der Waals surface area contributed by atoms with E-state index in [-0.39, 0.29) is 35.8 Å². The van der Waals surface area contributed by atoms with E-state index in [2.05, 4.69) is 10.2 Å². The Balaban J connectivity index is 1.36. The molecule has 1 unspecified atom stereocenters. The van der Waals surface area contributed by atoms with Crippen molar-refractivity contribution >= 4 is 29.7 Å². The van der Waals surface area contributed by atoms with Gasteiger partial charge in [-0.1, -0.05) is 6.07 Å². The number of hydrogen-bond acceptors (Lipinski definition) is 8. The highest BCUT2D eigenvalue weighted by molar-refractivity contribution is 6.24. The normalized spacial score (nSPS) is 23.3. The lowest BCUT2D eigenvalue weighted by molar-refractivity contribution is -0.136. The third-order valence-corrected chi connectivity index (χ3v) is 5.82. The second-order valence-electron chi connectivity index (χ2n) is 7.98. The lowest BCUT2D eigenvalue weighted by atomic mass is 10.0. The first kappa shape index (κ1) is 21.8. The summed E-state index contributed by atoms with van der Waals surface area (Å²) >= 11 is 0. The van der Waals surface area contributed by atoms with Gasteiger partial charge in [-0.05, 0) is 31.4 Å². The highest BCUT2D eigenvalue weighted by atomic mass is 16.6. The molecule has 2 fully saturated rings. The van der Waals surface area contributed by atoms with Gasteiger partial charge in [-0.15, -0.1) is 0 Å².